The highest BCUT2D eigenvalue weighted by atomic mass is 16.1. The summed E-state index contributed by atoms with van der Waals surface area (Å²) in [5, 5.41) is 8.31. The smallest absolute Gasteiger partial charge is 0.254 e. The van der Waals surface area contributed by atoms with Crippen molar-refractivity contribution in [3.8, 4) is 0 Å². The van der Waals surface area contributed by atoms with E-state index in [1.54, 1.807) is 17.1 Å². The van der Waals surface area contributed by atoms with Gasteiger partial charge >= 0.3 is 0 Å². The zero-order valence-electron chi connectivity index (χ0n) is 14.2. The number of benzene rings is 1. The van der Waals surface area contributed by atoms with Gasteiger partial charge in [0.2, 0.25) is 0 Å². The van der Waals surface area contributed by atoms with Gasteiger partial charge in [0, 0.05) is 37.8 Å². The fourth-order valence-electron chi connectivity index (χ4n) is 3.29. The molecule has 1 saturated heterocycles. The molecule has 1 N–H and O–H groups in total. The summed E-state index contributed by atoms with van der Waals surface area (Å²) in [6.45, 7) is 1.78. The number of fused-ring (bicyclic) bond motifs is 1. The molecule has 0 unspecified atom stereocenters. The van der Waals surface area contributed by atoms with Gasteiger partial charge < -0.3 is 10.2 Å². The van der Waals surface area contributed by atoms with Crippen molar-refractivity contribution >= 4 is 22.6 Å². The number of para-hydroxylation sites is 1. The summed E-state index contributed by atoms with van der Waals surface area (Å²) in [6.07, 6.45) is 5.17. The number of aryl methyl sites for hydroxylation is 1. The second-order valence-electron chi connectivity index (χ2n) is 6.50. The Morgan fingerprint density at radius 2 is 1.96 bits per heavy atom. The highest BCUT2D eigenvalue weighted by molar-refractivity contribution is 5.93. The van der Waals surface area contributed by atoms with E-state index < -0.39 is 0 Å². The van der Waals surface area contributed by atoms with Gasteiger partial charge in [-0.05, 0) is 31.0 Å². The molecule has 1 aliphatic rings. The molecule has 3 heterocycles. The summed E-state index contributed by atoms with van der Waals surface area (Å²) in [5.74, 6) is 0.964. The highest BCUT2D eigenvalue weighted by Crippen LogP contribution is 2.21. The van der Waals surface area contributed by atoms with Crippen LogP contribution in [-0.4, -0.2) is 39.8 Å². The molecule has 25 heavy (non-hydrogen) atoms. The van der Waals surface area contributed by atoms with Gasteiger partial charge in [-0.2, -0.15) is 5.10 Å². The van der Waals surface area contributed by atoms with E-state index in [0.717, 1.165) is 42.7 Å². The number of piperidine rings is 1. The third-order valence-corrected chi connectivity index (χ3v) is 4.70. The first kappa shape index (κ1) is 15.6. The van der Waals surface area contributed by atoms with Gasteiger partial charge in [-0.15, -0.1) is 0 Å². The molecular weight excluding hydrogens is 314 g/mol. The molecule has 128 valence electrons. The van der Waals surface area contributed by atoms with E-state index in [0.29, 0.717) is 5.56 Å². The second-order valence-corrected chi connectivity index (χ2v) is 6.50. The minimum atomic E-state index is -0.0459. The maximum atomic E-state index is 12.2. The summed E-state index contributed by atoms with van der Waals surface area (Å²) >= 11 is 0. The van der Waals surface area contributed by atoms with Crippen LogP contribution < -0.4 is 10.2 Å². The molecule has 0 saturated carbocycles. The summed E-state index contributed by atoms with van der Waals surface area (Å²) in [6, 6.07) is 12.6. The van der Waals surface area contributed by atoms with Gasteiger partial charge in [-0.1, -0.05) is 18.2 Å². The zero-order valence-corrected chi connectivity index (χ0v) is 14.2. The van der Waals surface area contributed by atoms with E-state index in [9.17, 15) is 4.79 Å². The Morgan fingerprint density at radius 3 is 2.72 bits per heavy atom. The lowest BCUT2D eigenvalue weighted by atomic mass is 10.0. The summed E-state index contributed by atoms with van der Waals surface area (Å²) in [5.41, 5.74) is 1.63. The van der Waals surface area contributed by atoms with E-state index >= 15 is 0 Å². The van der Waals surface area contributed by atoms with Crippen LogP contribution in [0.5, 0.6) is 0 Å². The maximum Gasteiger partial charge on any atom is 0.254 e. The largest absolute Gasteiger partial charge is 0.356 e. The minimum Gasteiger partial charge on any atom is -0.356 e. The number of hydrogen-bond donors (Lipinski definition) is 1. The van der Waals surface area contributed by atoms with Crippen molar-refractivity contribution < 1.29 is 4.79 Å². The molecular formula is C19H21N5O. The van der Waals surface area contributed by atoms with E-state index in [4.69, 9.17) is 4.98 Å². The first-order valence-corrected chi connectivity index (χ1v) is 8.59. The van der Waals surface area contributed by atoms with Gasteiger partial charge in [-0.25, -0.2) is 4.98 Å². The number of rotatable bonds is 3. The molecule has 0 radical (unpaired) electrons. The van der Waals surface area contributed by atoms with Crippen LogP contribution in [0.15, 0.2) is 48.8 Å². The van der Waals surface area contributed by atoms with Crippen molar-refractivity contribution in [1.29, 1.82) is 0 Å². The molecule has 6 heteroatoms. The average Bonchev–Trinajstić information content (AvgIpc) is 3.08. The third-order valence-electron chi connectivity index (χ3n) is 4.70. The molecule has 6 nitrogen and oxygen atoms in total. The molecule has 1 amide bonds. The molecule has 0 spiro atoms. The number of pyridine rings is 1. The first-order chi connectivity index (χ1) is 12.2. The molecule has 4 rings (SSSR count). The van der Waals surface area contributed by atoms with Crippen LogP contribution in [-0.2, 0) is 7.05 Å². The van der Waals surface area contributed by atoms with Gasteiger partial charge in [-0.3, -0.25) is 9.48 Å². The van der Waals surface area contributed by atoms with Crippen LogP contribution in [0.25, 0.3) is 10.9 Å². The lowest BCUT2D eigenvalue weighted by Crippen LogP contribution is -2.44. The normalized spacial score (nSPS) is 15.5. The Hall–Kier alpha value is -2.89. The van der Waals surface area contributed by atoms with Gasteiger partial charge in [0.15, 0.2) is 0 Å². The lowest BCUT2D eigenvalue weighted by molar-refractivity contribution is 0.0931. The van der Waals surface area contributed by atoms with Gasteiger partial charge in [0.05, 0.1) is 17.3 Å². The van der Waals surface area contributed by atoms with Gasteiger partial charge in [0.1, 0.15) is 5.82 Å². The number of carbonyl (C=O) groups excluding carboxylic acids is 1. The third kappa shape index (κ3) is 3.33. The Balaban J connectivity index is 1.38. The summed E-state index contributed by atoms with van der Waals surface area (Å²) in [7, 11) is 1.81. The highest BCUT2D eigenvalue weighted by Gasteiger charge is 2.22. The predicted octanol–water partition coefficient (Wildman–Crippen LogP) is 2.37. The van der Waals surface area contributed by atoms with Gasteiger partial charge in [0.25, 0.3) is 5.91 Å². The molecule has 0 bridgehead atoms. The number of hydrogen-bond acceptors (Lipinski definition) is 4. The number of nitrogens with zero attached hydrogens (tertiary/aromatic N) is 4. The molecule has 1 aliphatic heterocycles. The van der Waals surface area contributed by atoms with Crippen LogP contribution in [0.3, 0.4) is 0 Å². The van der Waals surface area contributed by atoms with Crippen molar-refractivity contribution in [2.24, 2.45) is 7.05 Å². The summed E-state index contributed by atoms with van der Waals surface area (Å²) < 4.78 is 1.64. The number of carbonyl (C=O) groups is 1. The van der Waals surface area contributed by atoms with Crippen molar-refractivity contribution in [2.75, 3.05) is 18.0 Å². The average molecular weight is 335 g/mol. The monoisotopic (exact) mass is 335 g/mol. The predicted molar refractivity (Wildman–Crippen MR) is 97.7 cm³/mol. The molecule has 0 atom stereocenters. The van der Waals surface area contributed by atoms with E-state index in [1.165, 1.54) is 0 Å². The van der Waals surface area contributed by atoms with Crippen LogP contribution in [0.2, 0.25) is 0 Å². The molecule has 0 aliphatic carbocycles. The standard InChI is InChI=1S/C19H21N5O/c1-23-13-15(12-20-23)19(25)21-16-8-10-24(11-9-16)18-7-6-14-4-2-3-5-17(14)22-18/h2-7,12-13,16H,8-11H2,1H3,(H,21,25). The molecule has 2 aromatic heterocycles. The van der Waals surface area contributed by atoms with Crippen molar-refractivity contribution in [1.82, 2.24) is 20.1 Å². The van der Waals surface area contributed by atoms with Crippen molar-refractivity contribution in [3.05, 3.63) is 54.4 Å². The fourth-order valence-corrected chi connectivity index (χ4v) is 3.29. The van der Waals surface area contributed by atoms with E-state index in [1.807, 2.05) is 25.2 Å². The second kappa shape index (κ2) is 6.55. The van der Waals surface area contributed by atoms with Crippen LogP contribution in [0.4, 0.5) is 5.82 Å². The molecule has 3 aromatic rings. The number of aromatic nitrogens is 3. The Kier molecular flexibility index (Phi) is 4.09. The number of nitrogens with one attached hydrogen (secondary N) is 1. The minimum absolute atomic E-state index is 0.0459. The Labute approximate surface area is 146 Å². The van der Waals surface area contributed by atoms with Crippen LogP contribution in [0, 0.1) is 0 Å². The van der Waals surface area contributed by atoms with E-state index in [2.05, 4.69) is 33.5 Å². The fraction of sp³-hybridized carbons (Fsp3) is 0.316. The Bertz CT molecular complexity index is 895. The van der Waals surface area contributed by atoms with Crippen LogP contribution in [0.1, 0.15) is 23.2 Å². The van der Waals surface area contributed by atoms with Crippen molar-refractivity contribution in [3.63, 3.8) is 0 Å². The SMILES string of the molecule is Cn1cc(C(=O)NC2CCN(c3ccc4ccccc4n3)CC2)cn1. The quantitative estimate of drug-likeness (QED) is 0.798. The Morgan fingerprint density at radius 1 is 1.16 bits per heavy atom. The maximum absolute atomic E-state index is 12.2. The first-order valence-electron chi connectivity index (χ1n) is 8.59. The topological polar surface area (TPSA) is 63.1 Å². The van der Waals surface area contributed by atoms with Crippen molar-refractivity contribution in [2.45, 2.75) is 18.9 Å². The lowest BCUT2D eigenvalue weighted by Gasteiger charge is -2.33. The zero-order chi connectivity index (χ0) is 17.2. The number of amides is 1. The van der Waals surface area contributed by atoms with E-state index in [-0.39, 0.29) is 11.9 Å². The number of anilines is 1. The molecule has 1 fully saturated rings. The molecule has 1 aromatic carbocycles. The summed E-state index contributed by atoms with van der Waals surface area (Å²) in [4.78, 5) is 19.3. The van der Waals surface area contributed by atoms with Crippen LogP contribution >= 0.6 is 0 Å².